The highest BCUT2D eigenvalue weighted by Gasteiger charge is 2.12. The zero-order valence-electron chi connectivity index (χ0n) is 6.91. The average molecular weight is 293 g/mol. The minimum atomic E-state index is 0.321. The van der Waals surface area contributed by atoms with Crippen molar-refractivity contribution < 1.29 is 5.11 Å². The van der Waals surface area contributed by atoms with E-state index in [1.807, 2.05) is 13.8 Å². The highest BCUT2D eigenvalue weighted by atomic mass is 79.9. The summed E-state index contributed by atoms with van der Waals surface area (Å²) in [7, 11) is 0. The topological polar surface area (TPSA) is 20.2 Å². The normalized spacial score (nSPS) is 10.4. The van der Waals surface area contributed by atoms with Crippen LogP contribution in [-0.4, -0.2) is 5.11 Å². The third-order valence-corrected chi connectivity index (χ3v) is 4.05. The molecule has 0 aromatic heterocycles. The first-order valence-electron chi connectivity index (χ1n) is 3.46. The maximum Gasteiger partial charge on any atom is 0.123 e. The van der Waals surface area contributed by atoms with Crippen LogP contribution in [0, 0.1) is 20.8 Å². The van der Waals surface area contributed by atoms with E-state index < -0.39 is 0 Å². The summed E-state index contributed by atoms with van der Waals surface area (Å²) < 4.78 is 1.72. The molecule has 0 amide bonds. The van der Waals surface area contributed by atoms with Gasteiger partial charge < -0.3 is 5.11 Å². The monoisotopic (exact) mass is 291 g/mol. The second kappa shape index (κ2) is 3.38. The molecule has 1 aromatic carbocycles. The van der Waals surface area contributed by atoms with Crippen molar-refractivity contribution in [1.29, 1.82) is 0 Å². The highest BCUT2D eigenvalue weighted by Crippen LogP contribution is 2.37. The van der Waals surface area contributed by atoms with E-state index in [0.29, 0.717) is 5.75 Å². The van der Waals surface area contributed by atoms with Gasteiger partial charge in [0, 0.05) is 20.1 Å². The molecular weight excluding hydrogens is 284 g/mol. The summed E-state index contributed by atoms with van der Waals surface area (Å²) in [5.74, 6) is 0.321. The Morgan fingerprint density at radius 2 is 1.42 bits per heavy atom. The van der Waals surface area contributed by atoms with Gasteiger partial charge in [0.2, 0.25) is 0 Å². The van der Waals surface area contributed by atoms with Gasteiger partial charge in [-0.2, -0.15) is 0 Å². The summed E-state index contributed by atoms with van der Waals surface area (Å²) in [5, 5.41) is 9.60. The molecule has 0 aliphatic heterocycles. The largest absolute Gasteiger partial charge is 0.507 e. The third kappa shape index (κ3) is 1.40. The summed E-state index contributed by atoms with van der Waals surface area (Å²) in [6, 6.07) is 0. The summed E-state index contributed by atoms with van der Waals surface area (Å²) in [6.07, 6.45) is 0. The van der Waals surface area contributed by atoms with Crippen molar-refractivity contribution in [3.05, 3.63) is 32.6 Å². The Labute approximate surface area is 89.1 Å². The summed E-state index contributed by atoms with van der Waals surface area (Å²) in [5.41, 5.74) is 2.55. The lowest BCUT2D eigenvalue weighted by Crippen LogP contribution is -1.89. The molecule has 1 aromatic rings. The van der Waals surface area contributed by atoms with Gasteiger partial charge in [-0.15, -0.1) is 0 Å². The number of halogens is 2. The summed E-state index contributed by atoms with van der Waals surface area (Å²) in [6.45, 7) is 7.59. The number of aromatic hydroxyl groups is 1. The van der Waals surface area contributed by atoms with E-state index in [0.717, 1.165) is 25.6 Å². The Morgan fingerprint density at radius 1 is 1.08 bits per heavy atom. The summed E-state index contributed by atoms with van der Waals surface area (Å²) >= 11 is 6.72. The zero-order chi connectivity index (χ0) is 9.46. The SMILES string of the molecule is [CH2]c1c(Br)c(C)c(O)c(C)c1Br. The van der Waals surface area contributed by atoms with Crippen molar-refractivity contribution in [2.45, 2.75) is 13.8 Å². The molecule has 1 nitrogen and oxygen atoms in total. The minimum Gasteiger partial charge on any atom is -0.507 e. The quantitative estimate of drug-likeness (QED) is 0.773. The van der Waals surface area contributed by atoms with Gasteiger partial charge in [0.25, 0.3) is 0 Å². The molecule has 0 unspecified atom stereocenters. The van der Waals surface area contributed by atoms with Gasteiger partial charge in [-0.3, -0.25) is 0 Å². The number of phenols is 1. The molecule has 0 aliphatic carbocycles. The van der Waals surface area contributed by atoms with Gasteiger partial charge in [-0.05, 0) is 26.3 Å². The molecule has 3 heteroatoms. The van der Waals surface area contributed by atoms with Gasteiger partial charge in [0.1, 0.15) is 5.75 Å². The molecule has 65 valence electrons. The molecule has 1 radical (unpaired) electrons. The Morgan fingerprint density at radius 3 is 1.75 bits per heavy atom. The lowest BCUT2D eigenvalue weighted by Gasteiger charge is -2.11. The predicted octanol–water partition coefficient (Wildman–Crippen LogP) is 3.72. The van der Waals surface area contributed by atoms with Crippen molar-refractivity contribution >= 4 is 31.9 Å². The Balaban J connectivity index is 3.60. The van der Waals surface area contributed by atoms with Crippen molar-refractivity contribution in [3.63, 3.8) is 0 Å². The third-order valence-electron chi connectivity index (χ3n) is 1.90. The molecule has 0 bridgehead atoms. The molecule has 0 saturated carbocycles. The summed E-state index contributed by atoms with van der Waals surface area (Å²) in [4.78, 5) is 0. The Bertz CT molecular complexity index is 227. The Hall–Kier alpha value is -0.0200. The first kappa shape index (κ1) is 10.1. The van der Waals surface area contributed by atoms with Crippen LogP contribution in [0.4, 0.5) is 0 Å². The van der Waals surface area contributed by atoms with E-state index in [2.05, 4.69) is 38.8 Å². The smallest absolute Gasteiger partial charge is 0.123 e. The fourth-order valence-electron chi connectivity index (χ4n) is 1.04. The molecule has 0 aliphatic rings. The highest BCUT2D eigenvalue weighted by molar-refractivity contribution is 9.11. The Kier molecular flexibility index (Phi) is 2.84. The number of phenolic OH excluding ortho intramolecular Hbond substituents is 1. The lowest BCUT2D eigenvalue weighted by atomic mass is 10.1. The number of rotatable bonds is 0. The molecular formula is C9H9Br2O. The maximum atomic E-state index is 9.60. The van der Waals surface area contributed by atoms with Crippen molar-refractivity contribution in [3.8, 4) is 5.75 Å². The van der Waals surface area contributed by atoms with E-state index in [1.54, 1.807) is 0 Å². The minimum absolute atomic E-state index is 0.321. The maximum absolute atomic E-state index is 9.60. The van der Waals surface area contributed by atoms with Crippen LogP contribution in [0.5, 0.6) is 5.75 Å². The van der Waals surface area contributed by atoms with Gasteiger partial charge in [-0.1, -0.05) is 31.9 Å². The second-order valence-electron chi connectivity index (χ2n) is 2.71. The molecule has 1 rings (SSSR count). The number of hydrogen-bond acceptors (Lipinski definition) is 1. The molecule has 12 heavy (non-hydrogen) atoms. The number of benzene rings is 1. The standard InChI is InChI=1S/C9H9Br2O/c1-4-7(10)5(2)9(12)6(3)8(4)11/h12H,1H2,2-3H3. The first-order chi connectivity index (χ1) is 5.46. The van der Waals surface area contributed by atoms with E-state index in [9.17, 15) is 5.11 Å². The molecule has 1 N–H and O–H groups in total. The molecule has 0 heterocycles. The van der Waals surface area contributed by atoms with Gasteiger partial charge in [0.05, 0.1) is 0 Å². The van der Waals surface area contributed by atoms with Crippen LogP contribution in [0.3, 0.4) is 0 Å². The molecule has 0 saturated heterocycles. The lowest BCUT2D eigenvalue weighted by molar-refractivity contribution is 0.465. The average Bonchev–Trinajstić information content (AvgIpc) is 2.08. The van der Waals surface area contributed by atoms with Crippen molar-refractivity contribution in [2.75, 3.05) is 0 Å². The van der Waals surface area contributed by atoms with E-state index in [4.69, 9.17) is 0 Å². The van der Waals surface area contributed by atoms with E-state index in [1.165, 1.54) is 0 Å². The van der Waals surface area contributed by atoms with E-state index in [-0.39, 0.29) is 0 Å². The van der Waals surface area contributed by atoms with Crippen LogP contribution in [0.25, 0.3) is 0 Å². The second-order valence-corrected chi connectivity index (χ2v) is 4.29. The van der Waals surface area contributed by atoms with Crippen LogP contribution in [-0.2, 0) is 0 Å². The van der Waals surface area contributed by atoms with Gasteiger partial charge in [0.15, 0.2) is 0 Å². The van der Waals surface area contributed by atoms with Crippen LogP contribution in [0.15, 0.2) is 8.95 Å². The molecule has 0 atom stereocenters. The fraction of sp³-hybridized carbons (Fsp3) is 0.222. The predicted molar refractivity (Wildman–Crippen MR) is 57.4 cm³/mol. The molecule has 0 fully saturated rings. The van der Waals surface area contributed by atoms with Gasteiger partial charge >= 0.3 is 0 Å². The van der Waals surface area contributed by atoms with Gasteiger partial charge in [-0.25, -0.2) is 0 Å². The molecule has 0 spiro atoms. The van der Waals surface area contributed by atoms with Crippen LogP contribution in [0.1, 0.15) is 16.7 Å². The van der Waals surface area contributed by atoms with Crippen LogP contribution >= 0.6 is 31.9 Å². The fourth-order valence-corrected chi connectivity index (χ4v) is 2.08. The van der Waals surface area contributed by atoms with Crippen molar-refractivity contribution in [1.82, 2.24) is 0 Å². The van der Waals surface area contributed by atoms with Crippen molar-refractivity contribution in [2.24, 2.45) is 0 Å². The van der Waals surface area contributed by atoms with Crippen LogP contribution < -0.4 is 0 Å². The zero-order valence-corrected chi connectivity index (χ0v) is 10.1. The first-order valence-corrected chi connectivity index (χ1v) is 5.04. The van der Waals surface area contributed by atoms with E-state index >= 15 is 0 Å². The number of hydrogen-bond donors (Lipinski definition) is 1. The van der Waals surface area contributed by atoms with Crippen LogP contribution in [0.2, 0.25) is 0 Å².